The van der Waals surface area contributed by atoms with Gasteiger partial charge in [0.1, 0.15) is 28.2 Å². The molecule has 5 rings (SSSR count). The second-order valence-corrected chi connectivity index (χ2v) is 12.5. The highest BCUT2D eigenvalue weighted by Crippen LogP contribution is 2.38. The van der Waals surface area contributed by atoms with Gasteiger partial charge >= 0.3 is 0 Å². The van der Waals surface area contributed by atoms with Gasteiger partial charge in [0.25, 0.3) is 11.8 Å². The molecule has 11 nitrogen and oxygen atoms in total. The third kappa shape index (κ3) is 9.89. The quantitative estimate of drug-likeness (QED) is 0.0735. The molecule has 0 radical (unpaired) electrons. The highest BCUT2D eigenvalue weighted by Gasteiger charge is 2.23. The predicted octanol–water partition coefficient (Wildman–Crippen LogP) is 7.61. The van der Waals surface area contributed by atoms with Gasteiger partial charge in [0.2, 0.25) is 5.91 Å². The summed E-state index contributed by atoms with van der Waals surface area (Å²) in [4.78, 5) is 41.5. The number of benzene rings is 5. The monoisotopic (exact) mass is 733 g/mol. The maximum Gasteiger partial charge on any atom is 0.272 e. The van der Waals surface area contributed by atoms with Crippen molar-refractivity contribution in [3.05, 3.63) is 138 Å². The van der Waals surface area contributed by atoms with E-state index in [1.165, 1.54) is 39.2 Å². The van der Waals surface area contributed by atoms with Crippen LogP contribution < -0.4 is 39.6 Å². The van der Waals surface area contributed by atoms with Gasteiger partial charge < -0.3 is 39.6 Å². The molecule has 1 unspecified atom stereocenters. The number of hydrogen-bond acceptors (Lipinski definition) is 9. The first-order valence-corrected chi connectivity index (χ1v) is 17.2. The first kappa shape index (κ1) is 37.8. The van der Waals surface area contributed by atoms with Gasteiger partial charge in [0.05, 0.1) is 35.5 Å². The Kier molecular flexibility index (Phi) is 13.0. The van der Waals surface area contributed by atoms with Crippen LogP contribution in [0.5, 0.6) is 28.7 Å². The zero-order valence-electron chi connectivity index (χ0n) is 29.8. The molecule has 3 amide bonds. The van der Waals surface area contributed by atoms with E-state index in [1.54, 1.807) is 99.1 Å². The Morgan fingerprint density at radius 3 is 1.77 bits per heavy atom. The topological polar surface area (TPSA) is 133 Å². The second-order valence-electron chi connectivity index (χ2n) is 11.3. The average Bonchev–Trinajstić information content (AvgIpc) is 3.20. The van der Waals surface area contributed by atoms with Crippen molar-refractivity contribution in [3.8, 4) is 28.7 Å². The minimum atomic E-state index is -0.618. The summed E-state index contributed by atoms with van der Waals surface area (Å²) in [7, 11) is 7.58. The summed E-state index contributed by atoms with van der Waals surface area (Å²) in [6.07, 6.45) is 1.50. The van der Waals surface area contributed by atoms with Crippen LogP contribution in [-0.2, 0) is 9.59 Å². The van der Waals surface area contributed by atoms with Crippen molar-refractivity contribution in [1.29, 1.82) is 0 Å². The summed E-state index contributed by atoms with van der Waals surface area (Å²) >= 11 is 1.35. The van der Waals surface area contributed by atoms with E-state index in [1.807, 2.05) is 30.3 Å². The van der Waals surface area contributed by atoms with Gasteiger partial charge in [-0.2, -0.15) is 0 Å². The number of rotatable bonds is 15. The maximum atomic E-state index is 13.8. The number of anilines is 2. The minimum absolute atomic E-state index is 0.0437. The maximum absolute atomic E-state index is 13.8. The van der Waals surface area contributed by atoms with Crippen LogP contribution in [0.25, 0.3) is 6.08 Å². The van der Waals surface area contributed by atoms with Gasteiger partial charge in [0, 0.05) is 51.7 Å². The molecule has 0 aliphatic carbocycles. The van der Waals surface area contributed by atoms with E-state index < -0.39 is 17.1 Å². The summed E-state index contributed by atoms with van der Waals surface area (Å²) in [5.74, 6) is 1.02. The van der Waals surface area contributed by atoms with Gasteiger partial charge in [-0.25, -0.2) is 0 Å². The molecule has 0 saturated carbocycles. The normalized spacial score (nSPS) is 11.5. The third-order valence-electron chi connectivity index (χ3n) is 7.89. The third-order valence-corrected chi connectivity index (χ3v) is 9.16. The number of ether oxygens (including phenoxy) is 5. The number of carbonyl (C=O) groups is 3. The minimum Gasteiger partial charge on any atom is -0.497 e. The van der Waals surface area contributed by atoms with Gasteiger partial charge in [-0.1, -0.05) is 48.5 Å². The fraction of sp³-hybridized carbons (Fsp3) is 0.146. The largest absolute Gasteiger partial charge is 0.497 e. The lowest BCUT2D eigenvalue weighted by Gasteiger charge is -2.18. The Bertz CT molecular complexity index is 2050. The molecule has 0 aliphatic rings. The molecule has 1 atom stereocenters. The summed E-state index contributed by atoms with van der Waals surface area (Å²) in [6, 6.07) is 33.5. The SMILES string of the molecule is COc1cc(NC(=O)C(Sc2ccc(NC(=O)/C(=C/c3cc(OC)c(OC)cc3OC)NC(=O)c3ccccc3)cc2)c2ccccc2)cc(OC)c1. The van der Waals surface area contributed by atoms with Gasteiger partial charge in [-0.3, -0.25) is 14.4 Å². The highest BCUT2D eigenvalue weighted by molar-refractivity contribution is 8.00. The van der Waals surface area contributed by atoms with Crippen molar-refractivity contribution < 1.29 is 38.1 Å². The van der Waals surface area contributed by atoms with Crippen LogP contribution in [0.2, 0.25) is 0 Å². The number of methoxy groups -OCH3 is 5. The number of nitrogens with one attached hydrogen (secondary N) is 3. The fourth-order valence-electron chi connectivity index (χ4n) is 5.20. The molecule has 0 fully saturated rings. The molecule has 12 heteroatoms. The lowest BCUT2D eigenvalue weighted by molar-refractivity contribution is -0.116. The first-order valence-electron chi connectivity index (χ1n) is 16.3. The van der Waals surface area contributed by atoms with Gasteiger partial charge in [-0.05, 0) is 54.1 Å². The highest BCUT2D eigenvalue weighted by atomic mass is 32.2. The van der Waals surface area contributed by atoms with Crippen LogP contribution in [0.4, 0.5) is 11.4 Å². The Morgan fingerprint density at radius 2 is 1.19 bits per heavy atom. The summed E-state index contributed by atoms with van der Waals surface area (Å²) in [6.45, 7) is 0. The molecule has 0 heterocycles. The van der Waals surface area contributed by atoms with Crippen LogP contribution in [0.15, 0.2) is 126 Å². The molecular weight excluding hydrogens is 695 g/mol. The zero-order chi connectivity index (χ0) is 37.7. The smallest absolute Gasteiger partial charge is 0.272 e. The number of carbonyl (C=O) groups excluding carboxylic acids is 3. The van der Waals surface area contributed by atoms with Crippen molar-refractivity contribution in [2.45, 2.75) is 10.1 Å². The molecule has 3 N–H and O–H groups in total. The Balaban J connectivity index is 1.39. The van der Waals surface area contributed by atoms with E-state index in [0.29, 0.717) is 51.2 Å². The summed E-state index contributed by atoms with van der Waals surface area (Å²) < 4.78 is 27.1. The summed E-state index contributed by atoms with van der Waals surface area (Å²) in [5, 5.41) is 7.98. The van der Waals surface area contributed by atoms with Crippen LogP contribution >= 0.6 is 11.8 Å². The Hall–Kier alpha value is -6.40. The Labute approximate surface area is 312 Å². The fourth-order valence-corrected chi connectivity index (χ4v) is 6.23. The van der Waals surface area contributed by atoms with Crippen LogP contribution in [0.1, 0.15) is 26.7 Å². The van der Waals surface area contributed by atoms with Gasteiger partial charge in [-0.15, -0.1) is 11.8 Å². The molecule has 5 aromatic rings. The molecule has 5 aromatic carbocycles. The van der Waals surface area contributed by atoms with E-state index >= 15 is 0 Å². The molecule has 0 aromatic heterocycles. The lowest BCUT2D eigenvalue weighted by Crippen LogP contribution is -2.30. The number of thioether (sulfide) groups is 1. The molecule has 0 bridgehead atoms. The Morgan fingerprint density at radius 1 is 0.604 bits per heavy atom. The van der Waals surface area contributed by atoms with E-state index in [9.17, 15) is 14.4 Å². The first-order chi connectivity index (χ1) is 25.7. The van der Waals surface area contributed by atoms with Crippen molar-refractivity contribution in [2.24, 2.45) is 0 Å². The van der Waals surface area contributed by atoms with E-state index in [0.717, 1.165) is 10.5 Å². The van der Waals surface area contributed by atoms with Crippen LogP contribution in [-0.4, -0.2) is 53.3 Å². The average molecular weight is 734 g/mol. The van der Waals surface area contributed by atoms with Crippen molar-refractivity contribution in [1.82, 2.24) is 5.32 Å². The van der Waals surface area contributed by atoms with Crippen LogP contribution in [0.3, 0.4) is 0 Å². The summed E-state index contributed by atoms with van der Waals surface area (Å²) in [5.41, 5.74) is 2.58. The molecular formula is C41H39N3O8S. The zero-order valence-corrected chi connectivity index (χ0v) is 30.6. The molecule has 0 saturated heterocycles. The second kappa shape index (κ2) is 18.2. The van der Waals surface area contributed by atoms with Crippen molar-refractivity contribution in [2.75, 3.05) is 46.2 Å². The molecule has 0 spiro atoms. The predicted molar refractivity (Wildman–Crippen MR) is 206 cm³/mol. The molecule has 0 aliphatic heterocycles. The van der Waals surface area contributed by atoms with Crippen LogP contribution in [0, 0.1) is 0 Å². The molecule has 53 heavy (non-hydrogen) atoms. The van der Waals surface area contributed by atoms with E-state index in [-0.39, 0.29) is 11.6 Å². The molecule has 272 valence electrons. The standard InChI is InChI=1S/C41H39N3O8S/c1-48-31-22-30(23-32(24-31)49-2)43-41(47)38(26-12-8-6-9-13-26)53-33-18-16-29(17-19-33)42-40(46)34(44-39(45)27-14-10-7-11-15-27)20-28-21-36(51-4)37(52-5)25-35(28)50-3/h6-25,38H,1-5H3,(H,42,46)(H,43,47)(H,44,45)/b34-20-. The lowest BCUT2D eigenvalue weighted by atomic mass is 10.1. The van der Waals surface area contributed by atoms with Crippen molar-refractivity contribution >= 4 is 46.9 Å². The number of hydrogen-bond donors (Lipinski definition) is 3. The van der Waals surface area contributed by atoms with Crippen molar-refractivity contribution in [3.63, 3.8) is 0 Å². The van der Waals surface area contributed by atoms with E-state index in [4.69, 9.17) is 23.7 Å². The number of amides is 3. The van der Waals surface area contributed by atoms with Gasteiger partial charge in [0.15, 0.2) is 11.5 Å². The van der Waals surface area contributed by atoms with E-state index in [2.05, 4.69) is 16.0 Å².